The second-order valence-corrected chi connectivity index (χ2v) is 5.49. The van der Waals surface area contributed by atoms with Crippen LogP contribution in [0.1, 0.15) is 33.6 Å². The minimum absolute atomic E-state index is 0.149. The number of hydrogen-bond acceptors (Lipinski definition) is 5. The molecule has 1 aliphatic rings. The molecule has 0 N–H and O–H groups in total. The first-order valence-corrected chi connectivity index (χ1v) is 7.95. The zero-order valence-corrected chi connectivity index (χ0v) is 13.5. The average Bonchev–Trinajstić information content (AvgIpc) is 2.89. The lowest BCUT2D eigenvalue weighted by Gasteiger charge is -2.14. The van der Waals surface area contributed by atoms with Crippen LogP contribution in [0.15, 0.2) is 54.6 Å². The third-order valence-corrected chi connectivity index (χ3v) is 3.77. The van der Waals surface area contributed by atoms with Crippen molar-refractivity contribution in [2.75, 3.05) is 13.3 Å². The fraction of sp³-hybridized carbons (Fsp3) is 0.211. The van der Waals surface area contributed by atoms with Gasteiger partial charge in [0.05, 0.1) is 17.7 Å². The molecule has 0 unspecified atom stereocenters. The molecule has 2 aromatic rings. The predicted octanol–water partition coefficient (Wildman–Crippen LogP) is 2.64. The van der Waals surface area contributed by atoms with Crippen molar-refractivity contribution >= 4 is 17.8 Å². The topological polar surface area (TPSA) is 72.9 Å². The Morgan fingerprint density at radius 2 is 1.48 bits per heavy atom. The van der Waals surface area contributed by atoms with Crippen LogP contribution in [0.3, 0.4) is 0 Å². The lowest BCUT2D eigenvalue weighted by atomic mass is 10.1. The van der Waals surface area contributed by atoms with Gasteiger partial charge >= 0.3 is 5.97 Å². The first kappa shape index (κ1) is 16.7. The van der Waals surface area contributed by atoms with Crippen LogP contribution in [0.25, 0.3) is 0 Å². The Hall–Kier alpha value is -3.15. The zero-order chi connectivity index (χ0) is 17.6. The molecule has 0 bridgehead atoms. The summed E-state index contributed by atoms with van der Waals surface area (Å²) >= 11 is 0. The van der Waals surface area contributed by atoms with E-state index in [-0.39, 0.29) is 13.2 Å². The molecule has 0 aromatic heterocycles. The molecule has 25 heavy (non-hydrogen) atoms. The van der Waals surface area contributed by atoms with E-state index in [1.54, 1.807) is 24.3 Å². The van der Waals surface area contributed by atoms with Gasteiger partial charge in [-0.05, 0) is 30.7 Å². The second kappa shape index (κ2) is 7.61. The fourth-order valence-corrected chi connectivity index (χ4v) is 2.49. The van der Waals surface area contributed by atoms with Crippen molar-refractivity contribution in [3.05, 3.63) is 65.7 Å². The monoisotopic (exact) mass is 339 g/mol. The quantitative estimate of drug-likeness (QED) is 0.440. The summed E-state index contributed by atoms with van der Waals surface area (Å²) in [7, 11) is 0. The average molecular weight is 339 g/mol. The summed E-state index contributed by atoms with van der Waals surface area (Å²) in [5.74, 6) is -0.628. The van der Waals surface area contributed by atoms with Gasteiger partial charge < -0.3 is 9.47 Å². The first-order valence-electron chi connectivity index (χ1n) is 7.95. The van der Waals surface area contributed by atoms with Crippen LogP contribution in [0.5, 0.6) is 5.75 Å². The summed E-state index contributed by atoms with van der Waals surface area (Å²) in [6, 6.07) is 15.8. The standard InChI is InChI=1S/C19H17NO5/c21-17(11-6-12-24-14-7-2-1-3-8-14)25-13-20-18(22)15-9-4-5-10-16(15)19(20)23/h1-5,7-10H,6,11-13H2. The van der Waals surface area contributed by atoms with Crippen molar-refractivity contribution in [3.8, 4) is 5.75 Å². The molecule has 0 fully saturated rings. The highest BCUT2D eigenvalue weighted by molar-refractivity contribution is 6.21. The highest BCUT2D eigenvalue weighted by Crippen LogP contribution is 2.22. The Kier molecular flexibility index (Phi) is 5.09. The Morgan fingerprint density at radius 1 is 0.880 bits per heavy atom. The maximum atomic E-state index is 12.1. The van der Waals surface area contributed by atoms with E-state index < -0.39 is 17.8 Å². The van der Waals surface area contributed by atoms with Gasteiger partial charge in [0.15, 0.2) is 6.73 Å². The van der Waals surface area contributed by atoms with Crippen LogP contribution in [0.4, 0.5) is 0 Å². The third-order valence-electron chi connectivity index (χ3n) is 3.77. The molecule has 0 aliphatic carbocycles. The maximum Gasteiger partial charge on any atom is 0.307 e. The van der Waals surface area contributed by atoms with Gasteiger partial charge in [-0.2, -0.15) is 0 Å². The third kappa shape index (κ3) is 3.85. The predicted molar refractivity (Wildman–Crippen MR) is 89.1 cm³/mol. The van der Waals surface area contributed by atoms with Crippen molar-refractivity contribution in [1.82, 2.24) is 4.90 Å². The highest BCUT2D eigenvalue weighted by atomic mass is 16.5. The van der Waals surface area contributed by atoms with Crippen LogP contribution in [0, 0.1) is 0 Å². The first-order chi connectivity index (χ1) is 12.2. The zero-order valence-electron chi connectivity index (χ0n) is 13.5. The van der Waals surface area contributed by atoms with E-state index in [2.05, 4.69) is 0 Å². The lowest BCUT2D eigenvalue weighted by Crippen LogP contribution is -2.33. The van der Waals surface area contributed by atoms with Crippen molar-refractivity contribution in [2.24, 2.45) is 0 Å². The number of benzene rings is 2. The molecule has 3 rings (SSSR count). The molecular formula is C19H17NO5. The van der Waals surface area contributed by atoms with Crippen molar-refractivity contribution < 1.29 is 23.9 Å². The summed E-state index contributed by atoms with van der Waals surface area (Å²) in [6.07, 6.45) is 0.631. The smallest absolute Gasteiger partial charge is 0.307 e. The number of fused-ring (bicyclic) bond motifs is 1. The normalized spacial score (nSPS) is 12.9. The van der Waals surface area contributed by atoms with Gasteiger partial charge in [-0.15, -0.1) is 0 Å². The van der Waals surface area contributed by atoms with Crippen LogP contribution >= 0.6 is 0 Å². The van der Waals surface area contributed by atoms with Gasteiger partial charge in [-0.25, -0.2) is 4.90 Å². The number of hydrogen-bond donors (Lipinski definition) is 0. The number of nitrogens with zero attached hydrogens (tertiary/aromatic N) is 1. The molecule has 1 aliphatic heterocycles. The minimum Gasteiger partial charge on any atom is -0.494 e. The van der Waals surface area contributed by atoms with E-state index in [0.717, 1.165) is 10.6 Å². The molecule has 6 heteroatoms. The summed E-state index contributed by atoms with van der Waals surface area (Å²) in [6.45, 7) is 0.0108. The number of ether oxygens (including phenoxy) is 2. The minimum atomic E-state index is -0.479. The van der Waals surface area contributed by atoms with Gasteiger partial charge in [-0.3, -0.25) is 14.4 Å². The van der Waals surface area contributed by atoms with Crippen molar-refractivity contribution in [1.29, 1.82) is 0 Å². The lowest BCUT2D eigenvalue weighted by molar-refractivity contribution is -0.146. The molecule has 2 aromatic carbocycles. The van der Waals surface area contributed by atoms with Gasteiger partial charge in [0.1, 0.15) is 5.75 Å². The molecule has 6 nitrogen and oxygen atoms in total. The van der Waals surface area contributed by atoms with E-state index >= 15 is 0 Å². The van der Waals surface area contributed by atoms with Gasteiger partial charge in [0.2, 0.25) is 0 Å². The van der Waals surface area contributed by atoms with Gasteiger partial charge in [0, 0.05) is 6.42 Å². The number of esters is 1. The molecular weight excluding hydrogens is 322 g/mol. The Balaban J connectivity index is 1.41. The van der Waals surface area contributed by atoms with Crippen molar-refractivity contribution in [2.45, 2.75) is 12.8 Å². The van der Waals surface area contributed by atoms with Crippen LogP contribution < -0.4 is 4.74 Å². The summed E-state index contributed by atoms with van der Waals surface area (Å²) < 4.78 is 10.5. The largest absolute Gasteiger partial charge is 0.494 e. The van der Waals surface area contributed by atoms with E-state index in [0.29, 0.717) is 24.2 Å². The molecule has 0 saturated carbocycles. The molecule has 0 atom stereocenters. The number of para-hydroxylation sites is 1. The molecule has 1 heterocycles. The Labute approximate surface area is 145 Å². The highest BCUT2D eigenvalue weighted by Gasteiger charge is 2.35. The number of amides is 2. The Bertz CT molecular complexity index is 752. The fourth-order valence-electron chi connectivity index (χ4n) is 2.49. The number of carbonyl (C=O) groups excluding carboxylic acids is 3. The van der Waals surface area contributed by atoms with E-state index in [1.807, 2.05) is 30.3 Å². The number of carbonyl (C=O) groups is 3. The molecule has 0 saturated heterocycles. The van der Waals surface area contributed by atoms with Crippen LogP contribution in [-0.4, -0.2) is 36.0 Å². The van der Waals surface area contributed by atoms with Crippen molar-refractivity contribution in [3.63, 3.8) is 0 Å². The Morgan fingerprint density at radius 3 is 2.12 bits per heavy atom. The van der Waals surface area contributed by atoms with E-state index in [1.165, 1.54) is 0 Å². The van der Waals surface area contributed by atoms with Crippen LogP contribution in [-0.2, 0) is 9.53 Å². The van der Waals surface area contributed by atoms with Gasteiger partial charge in [-0.1, -0.05) is 30.3 Å². The van der Waals surface area contributed by atoms with E-state index in [4.69, 9.17) is 9.47 Å². The summed E-state index contributed by atoms with van der Waals surface area (Å²) in [4.78, 5) is 37.0. The summed E-state index contributed by atoms with van der Waals surface area (Å²) in [5, 5.41) is 0. The van der Waals surface area contributed by atoms with E-state index in [9.17, 15) is 14.4 Å². The molecule has 0 spiro atoms. The maximum absolute atomic E-state index is 12.1. The second-order valence-electron chi connectivity index (χ2n) is 5.49. The molecule has 128 valence electrons. The van der Waals surface area contributed by atoms with Gasteiger partial charge in [0.25, 0.3) is 11.8 Å². The SMILES string of the molecule is O=C(CCCOc1ccccc1)OCN1C(=O)c2ccccc2C1=O. The number of imide groups is 1. The van der Waals surface area contributed by atoms with Crippen LogP contribution in [0.2, 0.25) is 0 Å². The molecule has 2 amide bonds. The number of rotatable bonds is 7. The summed E-state index contributed by atoms with van der Waals surface area (Å²) in [5.41, 5.74) is 0.666. The molecule has 0 radical (unpaired) electrons.